The fourth-order valence-corrected chi connectivity index (χ4v) is 2.83. The predicted molar refractivity (Wildman–Crippen MR) is 93.6 cm³/mol. The van der Waals surface area contributed by atoms with Crippen molar-refractivity contribution >= 4 is 21.4 Å². The Kier molecular flexibility index (Phi) is 8.70. The van der Waals surface area contributed by atoms with Crippen LogP contribution >= 0.6 is 0 Å². The fraction of sp³-hybridized carbons (Fsp3) is 0.588. The van der Waals surface area contributed by atoms with Gasteiger partial charge < -0.3 is 4.55 Å². The van der Waals surface area contributed by atoms with E-state index in [0.717, 1.165) is 39.2 Å². The average Bonchev–Trinajstić information content (AvgIpc) is 2.87. The maximum Gasteiger partial charge on any atom is 0.495 e. The first-order valence-electron chi connectivity index (χ1n) is 8.58. The van der Waals surface area contributed by atoms with Crippen LogP contribution in [0.4, 0.5) is 13.2 Å². The lowest BCUT2D eigenvalue weighted by molar-refractivity contribution is -0.667. The van der Waals surface area contributed by atoms with Crippen molar-refractivity contribution in [3.8, 4) is 0 Å². The molecule has 0 saturated heterocycles. The Balaban J connectivity index is 0.000000527. The Bertz CT molecular complexity index is 833. The predicted octanol–water partition coefficient (Wildman–Crippen LogP) is 3.55. The monoisotopic (exact) mass is 410 g/mol. The molecule has 0 N–H and O–H groups in total. The highest BCUT2D eigenvalue weighted by Gasteiger charge is 2.45. The molecule has 10 heteroatoms. The van der Waals surface area contributed by atoms with Gasteiger partial charge in [0.1, 0.15) is 0 Å². The molecule has 0 bridgehead atoms. The maximum absolute atomic E-state index is 13.3. The second-order valence-corrected chi connectivity index (χ2v) is 7.16. The summed E-state index contributed by atoms with van der Waals surface area (Å²) >= 11 is 0. The molecule has 0 unspecified atom stereocenters. The lowest BCUT2D eigenvalue weighted by Crippen LogP contribution is -2.38. The standard InChI is InChI=1S/C16H22F3N2.CH4O4S/c1-3-4-5-6-9-12-21-14-11-8-7-10-13(14)20(2)15(21)16(17,18)19;1-5-6(2,3)4/h7-8,10-11H,3-6,9,12H2,1-2H3;1H3,(H,2,3,4)/q+1;/p-1. The van der Waals surface area contributed by atoms with Crippen LogP contribution in [-0.4, -0.2) is 24.6 Å². The molecule has 0 aliphatic carbocycles. The third-order valence-electron chi connectivity index (χ3n) is 4.05. The normalized spacial score (nSPS) is 12.1. The molecule has 0 spiro atoms. The summed E-state index contributed by atoms with van der Waals surface area (Å²) in [5.41, 5.74) is 1.28. The molecule has 154 valence electrons. The number of halogens is 3. The Morgan fingerprint density at radius 2 is 1.70 bits per heavy atom. The molecule has 27 heavy (non-hydrogen) atoms. The highest BCUT2D eigenvalue weighted by molar-refractivity contribution is 7.80. The summed E-state index contributed by atoms with van der Waals surface area (Å²) in [5, 5.41) is 0. The summed E-state index contributed by atoms with van der Waals surface area (Å²) in [7, 11) is -2.12. The van der Waals surface area contributed by atoms with E-state index in [2.05, 4.69) is 11.1 Å². The van der Waals surface area contributed by atoms with Gasteiger partial charge >= 0.3 is 12.0 Å². The third-order valence-corrected chi connectivity index (χ3v) is 4.46. The summed E-state index contributed by atoms with van der Waals surface area (Å²) in [6, 6.07) is 7.05. The van der Waals surface area contributed by atoms with Crippen LogP contribution in [0.25, 0.3) is 11.0 Å². The van der Waals surface area contributed by atoms with E-state index in [1.54, 1.807) is 24.3 Å². The summed E-state index contributed by atoms with van der Waals surface area (Å²) in [4.78, 5) is 0. The summed E-state index contributed by atoms with van der Waals surface area (Å²) in [5.74, 6) is -0.570. The zero-order valence-electron chi connectivity index (χ0n) is 15.6. The molecule has 0 aliphatic heterocycles. The number of benzene rings is 1. The number of imidazole rings is 1. The SMILES string of the molecule is CCCCCCCn1c(C(F)(F)F)[n+](C)c2ccccc21.COS(=O)(=O)[O-]. The number of para-hydroxylation sites is 2. The van der Waals surface area contributed by atoms with Crippen molar-refractivity contribution in [1.29, 1.82) is 0 Å². The van der Waals surface area contributed by atoms with Gasteiger partial charge in [0.25, 0.3) is 0 Å². The summed E-state index contributed by atoms with van der Waals surface area (Å²) in [6.07, 6.45) is 0.783. The number of rotatable bonds is 7. The van der Waals surface area contributed by atoms with Gasteiger partial charge in [-0.05, 0) is 25.0 Å². The first kappa shape index (κ1) is 23.4. The Labute approximate surface area is 157 Å². The number of aryl methyl sites for hydroxylation is 2. The van der Waals surface area contributed by atoms with Gasteiger partial charge in [-0.3, -0.25) is 4.18 Å². The molecule has 2 aromatic rings. The molecule has 2 rings (SSSR count). The van der Waals surface area contributed by atoms with Crippen molar-refractivity contribution in [2.45, 2.75) is 51.7 Å². The third kappa shape index (κ3) is 7.11. The first-order valence-corrected chi connectivity index (χ1v) is 9.92. The Hall–Kier alpha value is -1.65. The first-order chi connectivity index (χ1) is 12.5. The molecular weight excluding hydrogens is 385 g/mol. The van der Waals surface area contributed by atoms with Crippen molar-refractivity contribution in [1.82, 2.24) is 4.57 Å². The van der Waals surface area contributed by atoms with Crippen molar-refractivity contribution < 1.29 is 34.9 Å². The van der Waals surface area contributed by atoms with Gasteiger partial charge in [-0.25, -0.2) is 17.6 Å². The highest BCUT2D eigenvalue weighted by Crippen LogP contribution is 2.30. The Morgan fingerprint density at radius 1 is 1.15 bits per heavy atom. The van der Waals surface area contributed by atoms with Crippen LogP contribution in [0.1, 0.15) is 44.9 Å². The molecule has 0 fully saturated rings. The quantitative estimate of drug-likeness (QED) is 0.303. The van der Waals surface area contributed by atoms with Gasteiger partial charge in [0.15, 0.2) is 11.0 Å². The van der Waals surface area contributed by atoms with Crippen LogP contribution in [0, 0.1) is 0 Å². The van der Waals surface area contributed by atoms with E-state index in [9.17, 15) is 26.1 Å². The van der Waals surface area contributed by atoms with Gasteiger partial charge in [0, 0.05) is 0 Å². The number of fused-ring (bicyclic) bond motifs is 1. The molecule has 0 amide bonds. The minimum Gasteiger partial charge on any atom is -0.726 e. The van der Waals surface area contributed by atoms with E-state index in [0.29, 0.717) is 17.6 Å². The minimum absolute atomic E-state index is 0.417. The topological polar surface area (TPSA) is 75.2 Å². The van der Waals surface area contributed by atoms with Crippen LogP contribution in [0.15, 0.2) is 24.3 Å². The van der Waals surface area contributed by atoms with Gasteiger partial charge in [0.2, 0.25) is 10.4 Å². The molecule has 1 heterocycles. The number of nitrogens with zero attached hydrogens (tertiary/aromatic N) is 2. The van der Waals surface area contributed by atoms with Crippen LogP contribution in [0.3, 0.4) is 0 Å². The van der Waals surface area contributed by atoms with Crippen molar-refractivity contribution in [3.63, 3.8) is 0 Å². The second kappa shape index (κ2) is 10.0. The molecule has 0 saturated carbocycles. The van der Waals surface area contributed by atoms with Gasteiger partial charge in [-0.2, -0.15) is 13.2 Å². The number of hydrogen-bond acceptors (Lipinski definition) is 4. The highest BCUT2D eigenvalue weighted by atomic mass is 32.3. The average molecular weight is 410 g/mol. The number of hydrogen-bond donors (Lipinski definition) is 0. The molecule has 0 radical (unpaired) electrons. The van der Waals surface area contributed by atoms with E-state index >= 15 is 0 Å². The van der Waals surface area contributed by atoms with Crippen molar-refractivity contribution in [3.05, 3.63) is 30.1 Å². The fourth-order valence-electron chi connectivity index (χ4n) is 2.83. The van der Waals surface area contributed by atoms with Crippen LogP contribution in [-0.2, 0) is 34.4 Å². The molecule has 1 aromatic carbocycles. The van der Waals surface area contributed by atoms with Crippen LogP contribution < -0.4 is 4.57 Å². The van der Waals surface area contributed by atoms with E-state index < -0.39 is 22.4 Å². The van der Waals surface area contributed by atoms with Crippen LogP contribution in [0.2, 0.25) is 0 Å². The second-order valence-electron chi connectivity index (χ2n) is 6.01. The zero-order chi connectivity index (χ0) is 20.7. The van der Waals surface area contributed by atoms with E-state index in [-0.39, 0.29) is 0 Å². The number of aromatic nitrogens is 2. The largest absolute Gasteiger partial charge is 0.726 e. The van der Waals surface area contributed by atoms with Crippen molar-refractivity contribution in [2.24, 2.45) is 7.05 Å². The lowest BCUT2D eigenvalue weighted by Gasteiger charge is -2.06. The molecular formula is C17H25F3N2O4S. The van der Waals surface area contributed by atoms with Crippen LogP contribution in [0.5, 0.6) is 0 Å². The number of alkyl halides is 3. The Morgan fingerprint density at radius 3 is 2.22 bits per heavy atom. The zero-order valence-corrected chi connectivity index (χ0v) is 16.4. The lowest BCUT2D eigenvalue weighted by atomic mass is 10.1. The summed E-state index contributed by atoms with van der Waals surface area (Å²) < 4.78 is 73.7. The van der Waals surface area contributed by atoms with Gasteiger partial charge in [0.05, 0.1) is 20.7 Å². The number of unbranched alkanes of at least 4 members (excludes halogenated alkanes) is 4. The van der Waals surface area contributed by atoms with E-state index in [1.165, 1.54) is 16.2 Å². The molecule has 0 atom stereocenters. The van der Waals surface area contributed by atoms with E-state index in [1.807, 2.05) is 0 Å². The van der Waals surface area contributed by atoms with E-state index in [4.69, 9.17) is 0 Å². The van der Waals surface area contributed by atoms with Gasteiger partial charge in [-0.1, -0.05) is 38.3 Å². The summed E-state index contributed by atoms with van der Waals surface area (Å²) in [6.45, 7) is 2.54. The maximum atomic E-state index is 13.3. The molecule has 6 nitrogen and oxygen atoms in total. The smallest absolute Gasteiger partial charge is 0.495 e. The minimum atomic E-state index is -4.41. The molecule has 1 aromatic heterocycles. The van der Waals surface area contributed by atoms with Gasteiger partial charge in [-0.15, -0.1) is 0 Å². The molecule has 0 aliphatic rings. The van der Waals surface area contributed by atoms with Crippen molar-refractivity contribution in [2.75, 3.05) is 7.11 Å².